The molecule has 0 atom stereocenters. The number of aromatic hydroxyl groups is 1. The molecule has 67 heavy (non-hydrogen) atoms. The Bertz CT molecular complexity index is 3540. The van der Waals surface area contributed by atoms with E-state index in [0.717, 1.165) is 62.1 Å². The Morgan fingerprint density at radius 3 is 1.90 bits per heavy atom. The summed E-state index contributed by atoms with van der Waals surface area (Å²) in [5.41, 5.74) is 10.2. The van der Waals surface area contributed by atoms with Crippen molar-refractivity contribution in [3.63, 3.8) is 0 Å². The van der Waals surface area contributed by atoms with Gasteiger partial charge < -0.3 is 5.11 Å². The molecule has 9 aromatic rings. The Hall–Kier alpha value is -6.35. The van der Waals surface area contributed by atoms with Gasteiger partial charge in [-0.2, -0.15) is 0 Å². The number of pyridine rings is 1. The molecule has 0 amide bonds. The number of para-hydroxylation sites is 1. The van der Waals surface area contributed by atoms with Gasteiger partial charge >= 0.3 is 0 Å². The Labute approximate surface area is 424 Å². The van der Waals surface area contributed by atoms with E-state index in [4.69, 9.17) is 22.3 Å². The van der Waals surface area contributed by atoms with E-state index in [0.29, 0.717) is 39.3 Å². The minimum absolute atomic E-state index is 0. The molecule has 0 aliphatic heterocycles. The average Bonchev–Trinajstić information content (AvgIpc) is 3.85. The van der Waals surface area contributed by atoms with Crippen molar-refractivity contribution in [1.29, 1.82) is 0 Å². The van der Waals surface area contributed by atoms with Gasteiger partial charge in [-0.1, -0.05) is 194 Å². The Kier molecular flexibility index (Phi) is 10.1. The third-order valence-electron chi connectivity index (χ3n) is 13.0. The number of hydrogen-bond acceptors (Lipinski definition) is 3. The zero-order valence-corrected chi connectivity index (χ0v) is 41.2. The van der Waals surface area contributed by atoms with E-state index in [1.54, 1.807) is 24.4 Å². The minimum atomic E-state index is -3.38. The Morgan fingerprint density at radius 1 is 0.582 bits per heavy atom. The molecule has 0 bridgehead atoms. The quantitative estimate of drug-likeness (QED) is 0.147. The molecule has 0 fully saturated rings. The van der Waals surface area contributed by atoms with Gasteiger partial charge in [-0.25, -0.2) is 4.98 Å². The van der Waals surface area contributed by atoms with Crippen molar-refractivity contribution in [3.05, 3.63) is 192 Å². The molecule has 0 aliphatic rings. The molecule has 0 radical (unpaired) electrons. The number of imidazole rings is 1. The molecule has 0 saturated carbocycles. The molecule has 0 saturated heterocycles. The monoisotopic (exact) mass is 1070 g/mol. The predicted octanol–water partition coefficient (Wildman–Crippen LogP) is 16.5. The summed E-state index contributed by atoms with van der Waals surface area (Å²) >= 11 is 0. The van der Waals surface area contributed by atoms with Gasteiger partial charge in [-0.05, 0) is 104 Å². The maximum Gasteiger partial charge on any atom is 0.148 e. The van der Waals surface area contributed by atoms with Crippen molar-refractivity contribution in [2.24, 2.45) is 0 Å². The largest absolute Gasteiger partial charge is 0.507 e. The molecule has 340 valence electrons. The molecule has 2 heterocycles. The number of benzene rings is 7. The van der Waals surface area contributed by atoms with Gasteiger partial charge in [0.15, 0.2) is 0 Å². The van der Waals surface area contributed by atoms with Crippen molar-refractivity contribution >= 4 is 11.0 Å². The number of rotatable bonds is 9. The van der Waals surface area contributed by atoms with Crippen molar-refractivity contribution in [2.45, 2.75) is 91.7 Å². The SMILES string of the molecule is [2H]C([2H])([2H])C(c1ccc(-c2ccnc(-c3[c-]c(-c4cccc5c4nc(-c4cc(C(C)(C)C)cc(C)c4O)n5-c4ccc(C(C)(C)CC)cc4-c4ccccc4)cc(-c4ccccc4)c3)c2)cc1)(C([2H])([2H])[2H])C([2H])([2H])[2H].[Pt]. The van der Waals surface area contributed by atoms with Gasteiger partial charge in [0.1, 0.15) is 11.6 Å². The topological polar surface area (TPSA) is 50.9 Å². The second kappa shape index (κ2) is 18.4. The first-order valence-corrected chi connectivity index (χ1v) is 22.5. The molecule has 5 heteroatoms. The van der Waals surface area contributed by atoms with Crippen LogP contribution in [0.2, 0.25) is 0 Å². The maximum atomic E-state index is 12.1. The first-order chi connectivity index (χ1) is 35.2. The third kappa shape index (κ3) is 9.34. The minimum Gasteiger partial charge on any atom is -0.507 e. The molecule has 0 spiro atoms. The molecule has 7 aromatic carbocycles. The number of aryl methyl sites for hydroxylation is 1. The molecular formula is C62H60N3OPt-. The summed E-state index contributed by atoms with van der Waals surface area (Å²) in [6, 6.07) is 54.5. The van der Waals surface area contributed by atoms with Crippen molar-refractivity contribution in [1.82, 2.24) is 14.5 Å². The predicted molar refractivity (Wildman–Crippen MR) is 277 cm³/mol. The van der Waals surface area contributed by atoms with Crippen LogP contribution in [0.25, 0.3) is 83.9 Å². The smallest absolute Gasteiger partial charge is 0.148 e. The summed E-state index contributed by atoms with van der Waals surface area (Å²) in [4.78, 5) is 10.4. The van der Waals surface area contributed by atoms with Crippen LogP contribution in [-0.4, -0.2) is 19.6 Å². The second-order valence-corrected chi connectivity index (χ2v) is 19.0. The first kappa shape index (κ1) is 36.7. The summed E-state index contributed by atoms with van der Waals surface area (Å²) < 4.78 is 76.2. The van der Waals surface area contributed by atoms with Gasteiger partial charge in [0.2, 0.25) is 0 Å². The summed E-state index contributed by atoms with van der Waals surface area (Å²) in [7, 11) is 0. The van der Waals surface area contributed by atoms with Crippen LogP contribution < -0.4 is 0 Å². The summed E-state index contributed by atoms with van der Waals surface area (Å²) in [6.45, 7) is 5.02. The van der Waals surface area contributed by atoms with Crippen LogP contribution in [0.15, 0.2) is 164 Å². The van der Waals surface area contributed by atoms with Crippen LogP contribution in [0.4, 0.5) is 0 Å². The van der Waals surface area contributed by atoms with E-state index in [2.05, 4.69) is 113 Å². The zero-order valence-electron chi connectivity index (χ0n) is 47.9. The Morgan fingerprint density at radius 2 is 1.22 bits per heavy atom. The second-order valence-electron chi connectivity index (χ2n) is 19.0. The van der Waals surface area contributed by atoms with E-state index in [9.17, 15) is 5.11 Å². The fourth-order valence-electron chi connectivity index (χ4n) is 8.65. The number of nitrogens with zero attached hydrogens (tertiary/aromatic N) is 3. The van der Waals surface area contributed by atoms with E-state index >= 15 is 0 Å². The molecule has 9 rings (SSSR count). The average molecular weight is 1070 g/mol. The van der Waals surface area contributed by atoms with Gasteiger partial charge in [0, 0.05) is 50.9 Å². The number of fused-ring (bicyclic) bond motifs is 1. The molecule has 0 aliphatic carbocycles. The molecule has 1 N–H and O–H groups in total. The number of aromatic nitrogens is 3. The van der Waals surface area contributed by atoms with E-state index in [1.807, 2.05) is 73.7 Å². The fourth-order valence-corrected chi connectivity index (χ4v) is 8.65. The molecular weight excluding hydrogens is 998 g/mol. The van der Waals surface area contributed by atoms with Crippen LogP contribution in [0.5, 0.6) is 5.75 Å². The normalized spacial score (nSPS) is 14.6. The van der Waals surface area contributed by atoms with Crippen LogP contribution >= 0.6 is 0 Å². The van der Waals surface area contributed by atoms with E-state index in [1.165, 1.54) is 17.7 Å². The van der Waals surface area contributed by atoms with Crippen molar-refractivity contribution < 1.29 is 38.5 Å². The van der Waals surface area contributed by atoms with Gasteiger partial charge in [0.05, 0.1) is 22.3 Å². The number of phenols is 1. The molecule has 2 aromatic heterocycles. The van der Waals surface area contributed by atoms with Crippen molar-refractivity contribution in [3.8, 4) is 78.6 Å². The molecule has 4 nitrogen and oxygen atoms in total. The van der Waals surface area contributed by atoms with Gasteiger partial charge in [-0.3, -0.25) is 9.55 Å². The van der Waals surface area contributed by atoms with Gasteiger partial charge in [-0.15, -0.1) is 23.8 Å². The standard InChI is InChI=1S/C62H60N3O.Pt/c1-11-62(9,10)49-29-30-55(52(38-49)43-21-16-13-17-22-43)65-56-24-18-23-51(57(56)64-59(65)53-39-50(61(6,7)8)33-40(2)58(53)66)46-34-45(41-19-14-12-15-20-41)35-47(36-46)54-37-44(31-32-63-54)42-25-27-48(28-26-42)60(3,4)5;/h12-35,37-39,66H,11H2,1-10H3;/q-1;/i3D3,4D3,5D3;. The summed E-state index contributed by atoms with van der Waals surface area (Å²) in [6.07, 6.45) is 2.60. The van der Waals surface area contributed by atoms with Crippen molar-refractivity contribution in [2.75, 3.05) is 0 Å². The zero-order chi connectivity index (χ0) is 54.0. The maximum absolute atomic E-state index is 12.1. The summed E-state index contributed by atoms with van der Waals surface area (Å²) in [5, 5.41) is 12.1. The summed E-state index contributed by atoms with van der Waals surface area (Å²) in [5.74, 6) is 0.732. The first-order valence-electron chi connectivity index (χ1n) is 27.0. The third-order valence-corrected chi connectivity index (χ3v) is 13.0. The van der Waals surface area contributed by atoms with Crippen LogP contribution in [0.1, 0.15) is 103 Å². The van der Waals surface area contributed by atoms with Crippen LogP contribution in [0.3, 0.4) is 0 Å². The number of hydrogen-bond donors (Lipinski definition) is 1. The van der Waals surface area contributed by atoms with Crippen LogP contribution in [-0.2, 0) is 37.3 Å². The Balaban J connectivity index is 0.00000765. The fraction of sp³-hybridized carbons (Fsp3) is 0.226. The number of phenolic OH excluding ortho intramolecular Hbond substituents is 1. The van der Waals surface area contributed by atoms with E-state index < -0.39 is 26.0 Å². The van der Waals surface area contributed by atoms with Gasteiger partial charge in [0.25, 0.3) is 0 Å². The molecule has 0 unspecified atom stereocenters. The van der Waals surface area contributed by atoms with E-state index in [-0.39, 0.29) is 43.2 Å². The van der Waals surface area contributed by atoms with Crippen LogP contribution in [0, 0.1) is 13.0 Å².